The molecular formula is C10H12Cl2Hf-2. The molecule has 0 amide bonds. The van der Waals surface area contributed by atoms with Crippen molar-refractivity contribution in [1.29, 1.82) is 0 Å². The Morgan fingerprint density at radius 1 is 0.538 bits per heavy atom. The van der Waals surface area contributed by atoms with E-state index in [1.807, 2.05) is 0 Å². The molecule has 0 spiro atoms. The Hall–Kier alpha value is 0.410. The van der Waals surface area contributed by atoms with Crippen molar-refractivity contribution in [2.45, 2.75) is 12.8 Å². The van der Waals surface area contributed by atoms with Gasteiger partial charge in [-0.05, 0) is 12.8 Å². The van der Waals surface area contributed by atoms with Crippen molar-refractivity contribution in [3.8, 4) is 0 Å². The fourth-order valence-electron chi connectivity index (χ4n) is 0.786. The molecule has 0 unspecified atom stereocenters. The molecule has 0 heterocycles. The molecule has 0 nitrogen and oxygen atoms in total. The maximum absolute atomic E-state index is 2.12. The van der Waals surface area contributed by atoms with Gasteiger partial charge in [-0.3, -0.25) is 0 Å². The van der Waals surface area contributed by atoms with Crippen molar-refractivity contribution in [3.05, 3.63) is 48.6 Å². The smallest absolute Gasteiger partial charge is 0 e. The predicted molar refractivity (Wildman–Crippen MR) is 45.8 cm³/mol. The zero-order chi connectivity index (χ0) is 7.07. The van der Waals surface area contributed by atoms with E-state index in [4.69, 9.17) is 0 Å². The number of hydrogen-bond donors (Lipinski definition) is 0. The Morgan fingerprint density at radius 3 is 0.846 bits per heavy atom. The van der Waals surface area contributed by atoms with Crippen molar-refractivity contribution in [2.24, 2.45) is 0 Å². The van der Waals surface area contributed by atoms with E-state index in [0.29, 0.717) is 0 Å². The summed E-state index contributed by atoms with van der Waals surface area (Å²) in [5, 5.41) is 0. The van der Waals surface area contributed by atoms with Gasteiger partial charge in [0.1, 0.15) is 0 Å². The molecule has 13 heavy (non-hydrogen) atoms. The molecule has 0 bridgehead atoms. The Bertz CT molecular complexity index is 151. The average molecular weight is 382 g/mol. The minimum absolute atomic E-state index is 0. The zero-order valence-electron chi connectivity index (χ0n) is 7.29. The summed E-state index contributed by atoms with van der Waals surface area (Å²) in [7, 11) is 0. The Labute approximate surface area is 111 Å². The van der Waals surface area contributed by atoms with Crippen molar-refractivity contribution >= 4 is 0 Å². The molecule has 2 aliphatic rings. The second kappa shape index (κ2) is 14.9. The SMILES string of the molecule is C1=CCC=C1.C1=CCC=C1.[Cl-].[Cl-].[Hf]. The van der Waals surface area contributed by atoms with E-state index in [9.17, 15) is 0 Å². The van der Waals surface area contributed by atoms with Gasteiger partial charge in [0.2, 0.25) is 0 Å². The van der Waals surface area contributed by atoms with Crippen LogP contribution in [0.15, 0.2) is 48.6 Å². The van der Waals surface area contributed by atoms with Crippen molar-refractivity contribution < 1.29 is 50.7 Å². The third kappa shape index (κ3) is 12.4. The first-order valence-corrected chi connectivity index (χ1v) is 3.63. The summed E-state index contributed by atoms with van der Waals surface area (Å²) in [6.45, 7) is 0. The monoisotopic (exact) mass is 382 g/mol. The molecule has 0 atom stereocenters. The van der Waals surface area contributed by atoms with Gasteiger partial charge in [0.15, 0.2) is 0 Å². The normalized spacial score (nSPS) is 13.5. The second-order valence-electron chi connectivity index (χ2n) is 2.18. The summed E-state index contributed by atoms with van der Waals surface area (Å²) in [5.74, 6) is 0. The Balaban J connectivity index is -0.000000125. The van der Waals surface area contributed by atoms with Crippen LogP contribution in [-0.4, -0.2) is 0 Å². The van der Waals surface area contributed by atoms with E-state index < -0.39 is 0 Å². The van der Waals surface area contributed by atoms with Crippen LogP contribution in [-0.2, 0) is 25.8 Å². The first kappa shape index (κ1) is 19.1. The quantitative estimate of drug-likeness (QED) is 0.393. The topological polar surface area (TPSA) is 0 Å². The number of hydrogen-bond acceptors (Lipinski definition) is 0. The average Bonchev–Trinajstić information content (AvgIpc) is 2.67. The summed E-state index contributed by atoms with van der Waals surface area (Å²) in [4.78, 5) is 0. The molecule has 0 aromatic heterocycles. The minimum atomic E-state index is 0. The second-order valence-corrected chi connectivity index (χ2v) is 2.18. The van der Waals surface area contributed by atoms with Crippen LogP contribution in [0.1, 0.15) is 12.8 Å². The molecule has 3 heteroatoms. The van der Waals surface area contributed by atoms with Gasteiger partial charge in [-0.1, -0.05) is 48.6 Å². The maximum atomic E-state index is 2.12. The molecule has 72 valence electrons. The fourth-order valence-corrected chi connectivity index (χ4v) is 0.786. The van der Waals surface area contributed by atoms with E-state index >= 15 is 0 Å². The van der Waals surface area contributed by atoms with E-state index in [1.54, 1.807) is 0 Å². The molecule has 0 radical (unpaired) electrons. The molecule has 0 N–H and O–H groups in total. The zero-order valence-corrected chi connectivity index (χ0v) is 12.4. The number of halogens is 2. The van der Waals surface area contributed by atoms with Crippen LogP contribution in [0.5, 0.6) is 0 Å². The van der Waals surface area contributed by atoms with Gasteiger partial charge >= 0.3 is 0 Å². The van der Waals surface area contributed by atoms with Crippen LogP contribution < -0.4 is 24.8 Å². The van der Waals surface area contributed by atoms with Crippen LogP contribution in [0.25, 0.3) is 0 Å². The van der Waals surface area contributed by atoms with E-state index in [2.05, 4.69) is 48.6 Å². The van der Waals surface area contributed by atoms with Crippen LogP contribution in [0.4, 0.5) is 0 Å². The summed E-state index contributed by atoms with van der Waals surface area (Å²) in [6, 6.07) is 0. The molecule has 0 fully saturated rings. The van der Waals surface area contributed by atoms with E-state index in [0.717, 1.165) is 12.8 Å². The van der Waals surface area contributed by atoms with Crippen LogP contribution in [0.2, 0.25) is 0 Å². The van der Waals surface area contributed by atoms with Crippen molar-refractivity contribution in [3.63, 3.8) is 0 Å². The summed E-state index contributed by atoms with van der Waals surface area (Å²) >= 11 is 0. The minimum Gasteiger partial charge on any atom is -1.00 e. The van der Waals surface area contributed by atoms with Gasteiger partial charge in [0.05, 0.1) is 0 Å². The first-order chi connectivity index (χ1) is 5.00. The van der Waals surface area contributed by atoms with Crippen molar-refractivity contribution in [1.82, 2.24) is 0 Å². The third-order valence-electron chi connectivity index (χ3n) is 1.31. The summed E-state index contributed by atoms with van der Waals surface area (Å²) in [5.41, 5.74) is 0. The van der Waals surface area contributed by atoms with Crippen LogP contribution in [0, 0.1) is 0 Å². The fraction of sp³-hybridized carbons (Fsp3) is 0.200. The summed E-state index contributed by atoms with van der Waals surface area (Å²) in [6.07, 6.45) is 19.0. The van der Waals surface area contributed by atoms with Gasteiger partial charge in [0, 0.05) is 25.8 Å². The first-order valence-electron chi connectivity index (χ1n) is 3.63. The number of allylic oxidation sites excluding steroid dienone is 8. The van der Waals surface area contributed by atoms with Crippen LogP contribution >= 0.6 is 0 Å². The standard InChI is InChI=1S/2C5H6.2ClH.Hf/c2*1-2-4-5-3-1;;;/h2*1-4H,5H2;2*1H;/p-2. The summed E-state index contributed by atoms with van der Waals surface area (Å²) < 4.78 is 0. The molecule has 0 aromatic carbocycles. The molecule has 0 aliphatic heterocycles. The largest absolute Gasteiger partial charge is 1.00 e. The number of rotatable bonds is 0. The van der Waals surface area contributed by atoms with Gasteiger partial charge < -0.3 is 24.8 Å². The molecule has 0 aromatic rings. The predicted octanol–water partition coefficient (Wildman–Crippen LogP) is -2.99. The molecular weight excluding hydrogens is 370 g/mol. The molecule has 2 aliphatic carbocycles. The van der Waals surface area contributed by atoms with E-state index in [1.165, 1.54) is 0 Å². The van der Waals surface area contributed by atoms with Gasteiger partial charge in [-0.2, -0.15) is 0 Å². The maximum Gasteiger partial charge on any atom is 0 e. The third-order valence-corrected chi connectivity index (χ3v) is 1.31. The van der Waals surface area contributed by atoms with Crippen LogP contribution in [0.3, 0.4) is 0 Å². The Kier molecular flexibility index (Phi) is 21.9. The Morgan fingerprint density at radius 2 is 0.769 bits per heavy atom. The molecule has 0 saturated heterocycles. The molecule has 2 rings (SSSR count). The van der Waals surface area contributed by atoms with E-state index in [-0.39, 0.29) is 50.7 Å². The molecule has 0 saturated carbocycles. The van der Waals surface area contributed by atoms with Crippen molar-refractivity contribution in [2.75, 3.05) is 0 Å². The van der Waals surface area contributed by atoms with Gasteiger partial charge in [0.25, 0.3) is 0 Å². The van der Waals surface area contributed by atoms with Gasteiger partial charge in [-0.15, -0.1) is 0 Å². The van der Waals surface area contributed by atoms with Gasteiger partial charge in [-0.25, -0.2) is 0 Å².